The van der Waals surface area contributed by atoms with Crippen LogP contribution in [-0.4, -0.2) is 22.6 Å². The van der Waals surface area contributed by atoms with Gasteiger partial charge in [0.05, 0.1) is 0 Å². The van der Waals surface area contributed by atoms with Crippen LogP contribution < -0.4 is 10.6 Å². The minimum absolute atomic E-state index is 0.217. The number of nitrogens with one attached hydrogen (secondary N) is 2. The summed E-state index contributed by atoms with van der Waals surface area (Å²) in [5, 5.41) is 13.9. The molecule has 1 aromatic heterocycles. The SMILES string of the molecule is CCCNc1ccc(C(=O)NCc2cccc(C)c2)nn1. The number of hydrogen-bond donors (Lipinski definition) is 2. The quantitative estimate of drug-likeness (QED) is 0.855. The summed E-state index contributed by atoms with van der Waals surface area (Å²) < 4.78 is 0. The van der Waals surface area contributed by atoms with Gasteiger partial charge in [-0.05, 0) is 31.0 Å². The predicted molar refractivity (Wildman–Crippen MR) is 83.2 cm³/mol. The van der Waals surface area contributed by atoms with Gasteiger partial charge in [-0.3, -0.25) is 4.79 Å². The van der Waals surface area contributed by atoms with E-state index in [-0.39, 0.29) is 5.91 Å². The molecular weight excluding hydrogens is 264 g/mol. The van der Waals surface area contributed by atoms with E-state index in [0.29, 0.717) is 18.1 Å². The first-order chi connectivity index (χ1) is 10.2. The van der Waals surface area contributed by atoms with Crippen LogP contribution in [-0.2, 0) is 6.54 Å². The average molecular weight is 284 g/mol. The Balaban J connectivity index is 1.91. The second-order valence-corrected chi connectivity index (χ2v) is 4.90. The van der Waals surface area contributed by atoms with Crippen LogP contribution in [0, 0.1) is 6.92 Å². The standard InChI is InChI=1S/C16H20N4O/c1-3-9-17-15-8-7-14(19-20-15)16(21)18-11-13-6-4-5-12(2)10-13/h4-8,10H,3,9,11H2,1-2H3,(H,17,20)(H,18,21). The van der Waals surface area contributed by atoms with E-state index in [9.17, 15) is 4.79 Å². The fourth-order valence-electron chi connectivity index (χ4n) is 1.90. The van der Waals surface area contributed by atoms with E-state index in [0.717, 1.165) is 18.5 Å². The molecule has 0 radical (unpaired) electrons. The minimum atomic E-state index is -0.217. The summed E-state index contributed by atoms with van der Waals surface area (Å²) in [6, 6.07) is 11.5. The molecule has 21 heavy (non-hydrogen) atoms. The summed E-state index contributed by atoms with van der Waals surface area (Å²) in [4.78, 5) is 12.0. The summed E-state index contributed by atoms with van der Waals surface area (Å²) >= 11 is 0. The zero-order chi connectivity index (χ0) is 15.1. The summed E-state index contributed by atoms with van der Waals surface area (Å²) in [5.41, 5.74) is 2.56. The van der Waals surface area contributed by atoms with Gasteiger partial charge in [0, 0.05) is 13.1 Å². The maximum absolute atomic E-state index is 12.0. The lowest BCUT2D eigenvalue weighted by atomic mass is 10.1. The molecule has 0 aliphatic rings. The van der Waals surface area contributed by atoms with Crippen LogP contribution in [0.5, 0.6) is 0 Å². The molecule has 1 aromatic carbocycles. The Hall–Kier alpha value is -2.43. The van der Waals surface area contributed by atoms with Gasteiger partial charge in [0.25, 0.3) is 5.91 Å². The number of rotatable bonds is 6. The van der Waals surface area contributed by atoms with Crippen LogP contribution in [0.2, 0.25) is 0 Å². The molecule has 5 heteroatoms. The molecule has 0 bridgehead atoms. The molecule has 1 heterocycles. The number of hydrogen-bond acceptors (Lipinski definition) is 4. The number of aryl methyl sites for hydroxylation is 1. The zero-order valence-electron chi connectivity index (χ0n) is 12.4. The normalized spacial score (nSPS) is 10.2. The first-order valence-corrected chi connectivity index (χ1v) is 7.10. The summed E-state index contributed by atoms with van der Waals surface area (Å²) in [7, 11) is 0. The summed E-state index contributed by atoms with van der Waals surface area (Å²) in [5.74, 6) is 0.470. The first-order valence-electron chi connectivity index (χ1n) is 7.10. The Kier molecular flexibility index (Phi) is 5.26. The van der Waals surface area contributed by atoms with Gasteiger partial charge < -0.3 is 10.6 Å². The van der Waals surface area contributed by atoms with Crippen LogP contribution in [0.4, 0.5) is 5.82 Å². The third kappa shape index (κ3) is 4.56. The van der Waals surface area contributed by atoms with Gasteiger partial charge in [-0.2, -0.15) is 0 Å². The van der Waals surface area contributed by atoms with E-state index in [2.05, 4.69) is 27.8 Å². The maximum Gasteiger partial charge on any atom is 0.272 e. The third-order valence-corrected chi connectivity index (χ3v) is 2.99. The summed E-state index contributed by atoms with van der Waals surface area (Å²) in [6.45, 7) is 5.43. The third-order valence-electron chi connectivity index (χ3n) is 2.99. The molecule has 2 rings (SSSR count). The molecule has 0 atom stereocenters. The number of amides is 1. The van der Waals surface area contributed by atoms with Gasteiger partial charge in [0.1, 0.15) is 5.82 Å². The second kappa shape index (κ2) is 7.38. The van der Waals surface area contributed by atoms with Crippen molar-refractivity contribution in [2.24, 2.45) is 0 Å². The predicted octanol–water partition coefficient (Wildman–Crippen LogP) is 2.54. The number of anilines is 1. The van der Waals surface area contributed by atoms with E-state index in [1.807, 2.05) is 31.2 Å². The maximum atomic E-state index is 12.0. The second-order valence-electron chi connectivity index (χ2n) is 4.90. The molecule has 0 unspecified atom stereocenters. The summed E-state index contributed by atoms with van der Waals surface area (Å²) in [6.07, 6.45) is 1.01. The highest BCUT2D eigenvalue weighted by molar-refractivity contribution is 5.92. The van der Waals surface area contributed by atoms with Gasteiger partial charge in [-0.15, -0.1) is 10.2 Å². The monoisotopic (exact) mass is 284 g/mol. The van der Waals surface area contributed by atoms with E-state index in [1.54, 1.807) is 12.1 Å². The number of benzene rings is 1. The van der Waals surface area contributed by atoms with Gasteiger partial charge >= 0.3 is 0 Å². The Labute approximate surface area is 124 Å². The minimum Gasteiger partial charge on any atom is -0.369 e. The molecule has 1 amide bonds. The molecule has 0 fully saturated rings. The Bertz CT molecular complexity index is 595. The topological polar surface area (TPSA) is 66.9 Å². The highest BCUT2D eigenvalue weighted by atomic mass is 16.1. The smallest absolute Gasteiger partial charge is 0.272 e. The molecule has 0 aliphatic carbocycles. The van der Waals surface area contributed by atoms with E-state index < -0.39 is 0 Å². The van der Waals surface area contributed by atoms with E-state index >= 15 is 0 Å². The van der Waals surface area contributed by atoms with Crippen molar-refractivity contribution in [3.8, 4) is 0 Å². The number of nitrogens with zero attached hydrogens (tertiary/aromatic N) is 2. The van der Waals surface area contributed by atoms with Crippen molar-refractivity contribution in [1.29, 1.82) is 0 Å². The number of carbonyl (C=O) groups is 1. The van der Waals surface area contributed by atoms with Crippen LogP contribution in [0.25, 0.3) is 0 Å². The van der Waals surface area contributed by atoms with Crippen LogP contribution in [0.15, 0.2) is 36.4 Å². The van der Waals surface area contributed by atoms with Crippen molar-refractivity contribution in [2.75, 3.05) is 11.9 Å². The number of carbonyl (C=O) groups excluding carboxylic acids is 1. The molecule has 2 N–H and O–H groups in total. The van der Waals surface area contributed by atoms with Crippen LogP contribution in [0.1, 0.15) is 35.0 Å². The molecular formula is C16H20N4O. The van der Waals surface area contributed by atoms with Gasteiger partial charge in [-0.1, -0.05) is 36.8 Å². The molecule has 0 aliphatic heterocycles. The first kappa shape index (κ1) is 15.0. The Morgan fingerprint density at radius 3 is 2.71 bits per heavy atom. The Morgan fingerprint density at radius 1 is 1.19 bits per heavy atom. The van der Waals surface area contributed by atoms with Crippen molar-refractivity contribution in [2.45, 2.75) is 26.8 Å². The molecule has 0 saturated carbocycles. The molecule has 2 aromatic rings. The van der Waals surface area contributed by atoms with Crippen molar-refractivity contribution < 1.29 is 4.79 Å². The van der Waals surface area contributed by atoms with Crippen LogP contribution in [0.3, 0.4) is 0 Å². The van der Waals surface area contributed by atoms with Gasteiger partial charge in [-0.25, -0.2) is 0 Å². The lowest BCUT2D eigenvalue weighted by Gasteiger charge is -2.06. The molecule has 0 saturated heterocycles. The lowest BCUT2D eigenvalue weighted by molar-refractivity contribution is 0.0945. The van der Waals surface area contributed by atoms with E-state index in [4.69, 9.17) is 0 Å². The largest absolute Gasteiger partial charge is 0.369 e. The fourth-order valence-corrected chi connectivity index (χ4v) is 1.90. The van der Waals surface area contributed by atoms with Crippen molar-refractivity contribution in [3.63, 3.8) is 0 Å². The highest BCUT2D eigenvalue weighted by Gasteiger charge is 2.07. The lowest BCUT2D eigenvalue weighted by Crippen LogP contribution is -2.24. The molecule has 110 valence electrons. The molecule has 5 nitrogen and oxygen atoms in total. The zero-order valence-corrected chi connectivity index (χ0v) is 12.4. The highest BCUT2D eigenvalue weighted by Crippen LogP contribution is 2.05. The molecule has 0 spiro atoms. The van der Waals surface area contributed by atoms with Gasteiger partial charge in [0.15, 0.2) is 5.69 Å². The van der Waals surface area contributed by atoms with E-state index in [1.165, 1.54) is 5.56 Å². The van der Waals surface area contributed by atoms with Crippen molar-refractivity contribution in [3.05, 3.63) is 53.2 Å². The van der Waals surface area contributed by atoms with Crippen molar-refractivity contribution >= 4 is 11.7 Å². The average Bonchev–Trinajstić information content (AvgIpc) is 2.51. The van der Waals surface area contributed by atoms with Gasteiger partial charge in [0.2, 0.25) is 0 Å². The number of aromatic nitrogens is 2. The fraction of sp³-hybridized carbons (Fsp3) is 0.312. The van der Waals surface area contributed by atoms with Crippen molar-refractivity contribution in [1.82, 2.24) is 15.5 Å². The van der Waals surface area contributed by atoms with Crippen LogP contribution >= 0.6 is 0 Å². The Morgan fingerprint density at radius 2 is 2.05 bits per heavy atom.